The van der Waals surface area contributed by atoms with E-state index in [0.29, 0.717) is 0 Å². The van der Waals surface area contributed by atoms with Gasteiger partial charge in [-0.2, -0.15) is 0 Å². The molecule has 14 heavy (non-hydrogen) atoms. The molecule has 1 rings (SSSR count). The maximum atomic E-state index is 6.21. The van der Waals surface area contributed by atoms with Crippen molar-refractivity contribution in [1.82, 2.24) is 5.32 Å². The summed E-state index contributed by atoms with van der Waals surface area (Å²) >= 11 is 7.91. The maximum absolute atomic E-state index is 6.21. The number of rotatable bonds is 4. The first-order valence-corrected chi connectivity index (χ1v) is 5.96. The van der Waals surface area contributed by atoms with Crippen LogP contribution in [0.2, 0.25) is 5.02 Å². The number of halogens is 1. The molecule has 1 aromatic heterocycles. The van der Waals surface area contributed by atoms with Crippen molar-refractivity contribution in [2.24, 2.45) is 0 Å². The highest BCUT2D eigenvalue weighted by Crippen LogP contribution is 2.34. The van der Waals surface area contributed by atoms with Crippen molar-refractivity contribution in [3.05, 3.63) is 33.0 Å². The van der Waals surface area contributed by atoms with E-state index in [1.54, 1.807) is 11.3 Å². The van der Waals surface area contributed by atoms with Gasteiger partial charge in [-0.1, -0.05) is 30.7 Å². The molecule has 0 saturated carbocycles. The Labute approximate surface area is 94.8 Å². The molecule has 0 fully saturated rings. The second kappa shape index (κ2) is 4.96. The van der Waals surface area contributed by atoms with Crippen LogP contribution in [0.3, 0.4) is 0 Å². The molecular formula is C11H16ClNS. The molecule has 0 spiro atoms. The van der Waals surface area contributed by atoms with Crippen molar-refractivity contribution in [2.75, 3.05) is 6.54 Å². The van der Waals surface area contributed by atoms with Gasteiger partial charge in [0.05, 0.1) is 11.1 Å². The molecule has 1 atom stereocenters. The molecule has 1 unspecified atom stereocenters. The van der Waals surface area contributed by atoms with Crippen LogP contribution in [0.5, 0.6) is 0 Å². The summed E-state index contributed by atoms with van der Waals surface area (Å²) in [7, 11) is 0. The number of hydrogen-bond acceptors (Lipinski definition) is 2. The summed E-state index contributed by atoms with van der Waals surface area (Å²) in [5, 5.41) is 6.35. The second-order valence-corrected chi connectivity index (χ2v) is 4.72. The Morgan fingerprint density at radius 3 is 2.71 bits per heavy atom. The summed E-state index contributed by atoms with van der Waals surface area (Å²) in [6, 6.07) is 0.200. The minimum atomic E-state index is 0.200. The van der Waals surface area contributed by atoms with Crippen molar-refractivity contribution < 1.29 is 0 Å². The fourth-order valence-corrected chi connectivity index (χ4v) is 2.81. The van der Waals surface area contributed by atoms with Crippen LogP contribution in [0, 0.1) is 6.92 Å². The largest absolute Gasteiger partial charge is 0.306 e. The Balaban J connectivity index is 2.99. The summed E-state index contributed by atoms with van der Waals surface area (Å²) in [6.45, 7) is 11.1. The monoisotopic (exact) mass is 229 g/mol. The van der Waals surface area contributed by atoms with Crippen LogP contribution in [-0.2, 0) is 0 Å². The normalized spacial score (nSPS) is 12.9. The molecule has 1 heterocycles. The van der Waals surface area contributed by atoms with Gasteiger partial charge in [0.25, 0.3) is 0 Å². The Kier molecular flexibility index (Phi) is 4.17. The second-order valence-electron chi connectivity index (χ2n) is 3.43. The van der Waals surface area contributed by atoms with E-state index in [4.69, 9.17) is 11.6 Å². The Hall–Kier alpha value is -0.310. The lowest BCUT2D eigenvalue weighted by atomic mass is 10.1. The lowest BCUT2D eigenvalue weighted by Crippen LogP contribution is -2.20. The lowest BCUT2D eigenvalue weighted by Gasteiger charge is -2.17. The molecule has 0 amide bonds. The fourth-order valence-electron chi connectivity index (χ4n) is 1.34. The number of thiophene rings is 1. The predicted octanol–water partition coefficient (Wildman–Crippen LogP) is 3.94. The standard InChI is InChI=1S/C11H16ClNS/c1-5-13-10(7(2)3)11-9(12)8(4)6-14-11/h6,10,13H,2,5H2,1,3-4H3. The molecule has 1 aromatic rings. The Morgan fingerprint density at radius 1 is 1.71 bits per heavy atom. The van der Waals surface area contributed by atoms with Gasteiger partial charge < -0.3 is 5.32 Å². The molecule has 0 bridgehead atoms. The van der Waals surface area contributed by atoms with E-state index >= 15 is 0 Å². The summed E-state index contributed by atoms with van der Waals surface area (Å²) in [5.74, 6) is 0. The quantitative estimate of drug-likeness (QED) is 0.772. The topological polar surface area (TPSA) is 12.0 Å². The van der Waals surface area contributed by atoms with E-state index in [2.05, 4.69) is 24.2 Å². The van der Waals surface area contributed by atoms with Crippen LogP contribution in [-0.4, -0.2) is 6.54 Å². The SMILES string of the molecule is C=C(C)C(NCC)c1scc(C)c1Cl. The van der Waals surface area contributed by atoms with Gasteiger partial charge in [0.15, 0.2) is 0 Å². The smallest absolute Gasteiger partial charge is 0.0640 e. The van der Waals surface area contributed by atoms with E-state index in [9.17, 15) is 0 Å². The molecule has 0 saturated heterocycles. The van der Waals surface area contributed by atoms with Crippen molar-refractivity contribution in [3.63, 3.8) is 0 Å². The zero-order valence-electron chi connectivity index (χ0n) is 8.86. The van der Waals surface area contributed by atoms with Crippen molar-refractivity contribution in [3.8, 4) is 0 Å². The highest BCUT2D eigenvalue weighted by molar-refractivity contribution is 7.10. The molecule has 0 aromatic carbocycles. The summed E-state index contributed by atoms with van der Waals surface area (Å²) in [6.07, 6.45) is 0. The first kappa shape index (κ1) is 11.8. The number of hydrogen-bond donors (Lipinski definition) is 1. The molecule has 78 valence electrons. The van der Waals surface area contributed by atoms with Crippen LogP contribution >= 0.6 is 22.9 Å². The van der Waals surface area contributed by atoms with Crippen LogP contribution in [0.4, 0.5) is 0 Å². The van der Waals surface area contributed by atoms with Gasteiger partial charge in [-0.25, -0.2) is 0 Å². The molecule has 3 heteroatoms. The molecule has 0 aliphatic heterocycles. The van der Waals surface area contributed by atoms with Crippen LogP contribution in [0.25, 0.3) is 0 Å². The molecular weight excluding hydrogens is 214 g/mol. The average molecular weight is 230 g/mol. The van der Waals surface area contributed by atoms with E-state index in [1.807, 2.05) is 13.8 Å². The predicted molar refractivity (Wildman–Crippen MR) is 65.3 cm³/mol. The van der Waals surface area contributed by atoms with E-state index in [0.717, 1.165) is 22.7 Å². The minimum absolute atomic E-state index is 0.200. The third-order valence-electron chi connectivity index (χ3n) is 2.09. The third kappa shape index (κ3) is 2.38. The molecule has 1 nitrogen and oxygen atoms in total. The van der Waals surface area contributed by atoms with Gasteiger partial charge in [-0.05, 0) is 31.3 Å². The van der Waals surface area contributed by atoms with Crippen LogP contribution < -0.4 is 5.32 Å². The molecule has 0 radical (unpaired) electrons. The number of aryl methyl sites for hydroxylation is 1. The highest BCUT2D eigenvalue weighted by Gasteiger charge is 2.17. The number of nitrogens with one attached hydrogen (secondary N) is 1. The van der Waals surface area contributed by atoms with Gasteiger partial charge in [-0.15, -0.1) is 11.3 Å². The molecule has 0 aliphatic rings. The number of likely N-dealkylation sites (N-methyl/N-ethyl adjacent to an activating group) is 1. The van der Waals surface area contributed by atoms with Gasteiger partial charge in [0, 0.05) is 4.88 Å². The van der Waals surface area contributed by atoms with Crippen LogP contribution in [0.1, 0.15) is 30.3 Å². The zero-order chi connectivity index (χ0) is 10.7. The zero-order valence-corrected chi connectivity index (χ0v) is 10.4. The Bertz CT molecular complexity index is 330. The van der Waals surface area contributed by atoms with Gasteiger partial charge in [0.1, 0.15) is 0 Å². The average Bonchev–Trinajstić information content (AvgIpc) is 2.44. The fraction of sp³-hybridized carbons (Fsp3) is 0.455. The third-order valence-corrected chi connectivity index (χ3v) is 3.87. The van der Waals surface area contributed by atoms with Crippen molar-refractivity contribution in [1.29, 1.82) is 0 Å². The first-order chi connectivity index (χ1) is 6.57. The van der Waals surface area contributed by atoms with Crippen molar-refractivity contribution in [2.45, 2.75) is 26.8 Å². The van der Waals surface area contributed by atoms with E-state index in [-0.39, 0.29) is 6.04 Å². The van der Waals surface area contributed by atoms with Gasteiger partial charge in [-0.3, -0.25) is 0 Å². The van der Waals surface area contributed by atoms with E-state index in [1.165, 1.54) is 4.88 Å². The Morgan fingerprint density at radius 2 is 2.36 bits per heavy atom. The maximum Gasteiger partial charge on any atom is 0.0640 e. The summed E-state index contributed by atoms with van der Waals surface area (Å²) < 4.78 is 0. The lowest BCUT2D eigenvalue weighted by molar-refractivity contribution is 0.630. The summed E-state index contributed by atoms with van der Waals surface area (Å²) in [4.78, 5) is 1.18. The summed E-state index contributed by atoms with van der Waals surface area (Å²) in [5.41, 5.74) is 2.26. The van der Waals surface area contributed by atoms with Crippen molar-refractivity contribution >= 4 is 22.9 Å². The van der Waals surface area contributed by atoms with Crippen LogP contribution in [0.15, 0.2) is 17.5 Å². The highest BCUT2D eigenvalue weighted by atomic mass is 35.5. The van der Waals surface area contributed by atoms with E-state index < -0.39 is 0 Å². The first-order valence-electron chi connectivity index (χ1n) is 4.70. The van der Waals surface area contributed by atoms with Gasteiger partial charge >= 0.3 is 0 Å². The van der Waals surface area contributed by atoms with Gasteiger partial charge in [0.2, 0.25) is 0 Å². The molecule has 0 aliphatic carbocycles. The minimum Gasteiger partial charge on any atom is -0.306 e. The molecule has 1 N–H and O–H groups in total.